The first-order valence-corrected chi connectivity index (χ1v) is 3.10. The van der Waals surface area contributed by atoms with E-state index in [1.54, 1.807) is 0 Å². The van der Waals surface area contributed by atoms with Crippen LogP contribution in [0.1, 0.15) is 0 Å². The zero-order valence-electron chi connectivity index (χ0n) is 7.17. The normalized spacial score (nSPS) is 8.64. The van der Waals surface area contributed by atoms with E-state index in [4.69, 9.17) is 4.74 Å². The fourth-order valence-corrected chi connectivity index (χ4v) is 0.388. The van der Waals surface area contributed by atoms with Gasteiger partial charge in [-0.2, -0.15) is 0 Å². The predicted molar refractivity (Wildman–Crippen MR) is 44.7 cm³/mol. The third kappa shape index (κ3) is 9.13. The molecular weight excluding hydrogens is 144 g/mol. The standard InChI is InChI=1S/C7H13NO2.H3N/c1-4-7(9)10-6-5-8(2)3;/h4H,1,5-6H2,2-3H3;1H3. The molecule has 0 fully saturated rings. The highest BCUT2D eigenvalue weighted by molar-refractivity contribution is 5.81. The van der Waals surface area contributed by atoms with Crippen molar-refractivity contribution in [2.24, 2.45) is 0 Å². The molecule has 0 saturated heterocycles. The summed E-state index contributed by atoms with van der Waals surface area (Å²) in [6.07, 6.45) is 1.16. The van der Waals surface area contributed by atoms with Crippen LogP contribution < -0.4 is 6.15 Å². The first-order valence-electron chi connectivity index (χ1n) is 3.10. The Kier molecular flexibility index (Phi) is 8.41. The molecule has 0 atom stereocenters. The van der Waals surface area contributed by atoms with Gasteiger partial charge in [-0.15, -0.1) is 0 Å². The molecule has 0 aromatic rings. The summed E-state index contributed by atoms with van der Waals surface area (Å²) in [5.41, 5.74) is 0. The first-order chi connectivity index (χ1) is 4.66. The van der Waals surface area contributed by atoms with Crippen LogP contribution in [0.4, 0.5) is 0 Å². The lowest BCUT2D eigenvalue weighted by Gasteiger charge is -2.07. The van der Waals surface area contributed by atoms with Crippen molar-refractivity contribution >= 4 is 5.97 Å². The van der Waals surface area contributed by atoms with Crippen LogP contribution in [0.5, 0.6) is 0 Å². The maximum absolute atomic E-state index is 10.4. The van der Waals surface area contributed by atoms with Crippen LogP contribution in [0.3, 0.4) is 0 Å². The topological polar surface area (TPSA) is 64.5 Å². The van der Waals surface area contributed by atoms with E-state index in [1.807, 2.05) is 19.0 Å². The summed E-state index contributed by atoms with van der Waals surface area (Å²) in [6, 6.07) is 0. The molecule has 0 rings (SSSR count). The van der Waals surface area contributed by atoms with E-state index in [1.165, 1.54) is 0 Å². The van der Waals surface area contributed by atoms with Crippen molar-refractivity contribution in [2.45, 2.75) is 0 Å². The molecule has 0 aromatic carbocycles. The van der Waals surface area contributed by atoms with Crippen LogP contribution in [0.15, 0.2) is 12.7 Å². The largest absolute Gasteiger partial charge is 0.461 e. The van der Waals surface area contributed by atoms with Crippen molar-refractivity contribution < 1.29 is 9.53 Å². The van der Waals surface area contributed by atoms with Gasteiger partial charge in [0.05, 0.1) is 0 Å². The number of hydrogen-bond donors (Lipinski definition) is 1. The molecule has 66 valence electrons. The van der Waals surface area contributed by atoms with Crippen molar-refractivity contribution in [3.05, 3.63) is 12.7 Å². The van der Waals surface area contributed by atoms with Gasteiger partial charge in [-0.25, -0.2) is 4.79 Å². The molecule has 0 aliphatic rings. The van der Waals surface area contributed by atoms with E-state index in [2.05, 4.69) is 6.58 Å². The van der Waals surface area contributed by atoms with E-state index < -0.39 is 0 Å². The third-order valence-corrected chi connectivity index (χ3v) is 0.949. The molecule has 4 nitrogen and oxygen atoms in total. The Labute approximate surface area is 67.4 Å². The summed E-state index contributed by atoms with van der Waals surface area (Å²) in [7, 11) is 3.84. The minimum absolute atomic E-state index is 0. The fourth-order valence-electron chi connectivity index (χ4n) is 0.388. The van der Waals surface area contributed by atoms with Gasteiger partial charge in [0.2, 0.25) is 0 Å². The Bertz CT molecular complexity index is 124. The van der Waals surface area contributed by atoms with Gasteiger partial charge in [0.1, 0.15) is 6.61 Å². The minimum Gasteiger partial charge on any atom is -0.461 e. The number of nitrogens with zero attached hydrogens (tertiary/aromatic N) is 1. The number of carbonyl (C=O) groups is 1. The van der Waals surface area contributed by atoms with E-state index >= 15 is 0 Å². The van der Waals surface area contributed by atoms with Gasteiger partial charge < -0.3 is 15.8 Å². The Hall–Kier alpha value is -0.870. The van der Waals surface area contributed by atoms with Crippen molar-refractivity contribution in [1.82, 2.24) is 11.1 Å². The van der Waals surface area contributed by atoms with Crippen LogP contribution in [0.2, 0.25) is 0 Å². The maximum Gasteiger partial charge on any atom is 0.330 e. The Morgan fingerprint density at radius 2 is 2.18 bits per heavy atom. The van der Waals surface area contributed by atoms with Gasteiger partial charge in [-0.3, -0.25) is 0 Å². The second-order valence-electron chi connectivity index (χ2n) is 2.17. The highest BCUT2D eigenvalue weighted by Gasteiger charge is 1.94. The summed E-state index contributed by atoms with van der Waals surface area (Å²) in [6.45, 7) is 4.45. The lowest BCUT2D eigenvalue weighted by Crippen LogP contribution is -2.19. The fraction of sp³-hybridized carbons (Fsp3) is 0.571. The van der Waals surface area contributed by atoms with Crippen molar-refractivity contribution in [1.29, 1.82) is 0 Å². The number of hydrogen-bond acceptors (Lipinski definition) is 4. The zero-order valence-corrected chi connectivity index (χ0v) is 7.17. The molecule has 0 aromatic heterocycles. The molecule has 0 amide bonds. The summed E-state index contributed by atoms with van der Waals surface area (Å²) < 4.78 is 4.70. The molecule has 0 saturated carbocycles. The molecule has 0 aliphatic carbocycles. The van der Waals surface area contributed by atoms with Crippen molar-refractivity contribution in [2.75, 3.05) is 27.2 Å². The number of carbonyl (C=O) groups excluding carboxylic acids is 1. The van der Waals surface area contributed by atoms with Crippen molar-refractivity contribution in [3.63, 3.8) is 0 Å². The van der Waals surface area contributed by atoms with Gasteiger partial charge in [0.25, 0.3) is 0 Å². The monoisotopic (exact) mass is 160 g/mol. The van der Waals surface area contributed by atoms with Gasteiger partial charge in [-0.05, 0) is 14.1 Å². The summed E-state index contributed by atoms with van der Waals surface area (Å²) in [5.74, 6) is -0.359. The molecule has 3 N–H and O–H groups in total. The molecule has 11 heavy (non-hydrogen) atoms. The average molecular weight is 160 g/mol. The molecule has 0 aliphatic heterocycles. The Morgan fingerprint density at radius 1 is 1.64 bits per heavy atom. The molecule has 0 radical (unpaired) electrons. The number of ether oxygens (including phenoxy) is 1. The summed E-state index contributed by atoms with van der Waals surface area (Å²) in [4.78, 5) is 12.4. The molecule has 0 heterocycles. The Morgan fingerprint density at radius 3 is 2.55 bits per heavy atom. The molecule has 0 spiro atoms. The maximum atomic E-state index is 10.4. The molecular formula is C7H16N2O2. The quantitative estimate of drug-likeness (QED) is 0.478. The first kappa shape index (κ1) is 12.8. The van der Waals surface area contributed by atoms with Gasteiger partial charge in [0.15, 0.2) is 0 Å². The van der Waals surface area contributed by atoms with Crippen LogP contribution >= 0.6 is 0 Å². The number of rotatable bonds is 4. The van der Waals surface area contributed by atoms with Crippen molar-refractivity contribution in [3.8, 4) is 0 Å². The van der Waals surface area contributed by atoms with Crippen LogP contribution in [0.25, 0.3) is 0 Å². The summed E-state index contributed by atoms with van der Waals surface area (Å²) >= 11 is 0. The third-order valence-electron chi connectivity index (χ3n) is 0.949. The Balaban J connectivity index is 0. The predicted octanol–water partition coefficient (Wildman–Crippen LogP) is 0.439. The summed E-state index contributed by atoms with van der Waals surface area (Å²) in [5, 5.41) is 0. The zero-order chi connectivity index (χ0) is 7.98. The SMILES string of the molecule is C=CC(=O)OCCN(C)C.N. The van der Waals surface area contributed by atoms with Crippen LogP contribution in [0, 0.1) is 0 Å². The lowest BCUT2D eigenvalue weighted by atomic mass is 10.6. The molecule has 0 unspecified atom stereocenters. The van der Waals surface area contributed by atoms with Gasteiger partial charge >= 0.3 is 5.97 Å². The average Bonchev–Trinajstić information content (AvgIpc) is 1.87. The van der Waals surface area contributed by atoms with E-state index in [0.29, 0.717) is 6.61 Å². The molecule has 0 bridgehead atoms. The highest BCUT2D eigenvalue weighted by atomic mass is 16.5. The molecule has 4 heteroatoms. The van der Waals surface area contributed by atoms with E-state index in [9.17, 15) is 4.79 Å². The second kappa shape index (κ2) is 7.24. The van der Waals surface area contributed by atoms with Crippen LogP contribution in [-0.2, 0) is 9.53 Å². The van der Waals surface area contributed by atoms with Crippen LogP contribution in [-0.4, -0.2) is 38.1 Å². The smallest absolute Gasteiger partial charge is 0.330 e. The second-order valence-corrected chi connectivity index (χ2v) is 2.17. The van der Waals surface area contributed by atoms with E-state index in [-0.39, 0.29) is 12.1 Å². The van der Waals surface area contributed by atoms with Gasteiger partial charge in [-0.1, -0.05) is 6.58 Å². The lowest BCUT2D eigenvalue weighted by molar-refractivity contribution is -0.137. The number of esters is 1. The van der Waals surface area contributed by atoms with E-state index in [0.717, 1.165) is 12.6 Å². The van der Waals surface area contributed by atoms with Gasteiger partial charge in [0, 0.05) is 12.6 Å². The minimum atomic E-state index is -0.359. The number of likely N-dealkylation sites (N-methyl/N-ethyl adjacent to an activating group) is 1. The highest BCUT2D eigenvalue weighted by Crippen LogP contribution is 1.80.